The Hall–Kier alpha value is -0.830. The maximum absolute atomic E-state index is 12.7. The van der Waals surface area contributed by atoms with Gasteiger partial charge >= 0.3 is 0 Å². The van der Waals surface area contributed by atoms with Gasteiger partial charge < -0.3 is 0 Å². The van der Waals surface area contributed by atoms with E-state index in [0.29, 0.717) is 22.0 Å². The number of hydrogen-bond acceptors (Lipinski definition) is 2. The number of carbonyl (C=O) groups excluding carboxylic acids is 1. The molecule has 0 bridgehead atoms. The van der Waals surface area contributed by atoms with Crippen LogP contribution in [0.2, 0.25) is 10.0 Å². The van der Waals surface area contributed by atoms with Gasteiger partial charge in [-0.15, -0.1) is 11.3 Å². The summed E-state index contributed by atoms with van der Waals surface area (Å²) < 4.78 is 0. The predicted molar refractivity (Wildman–Crippen MR) is 76.2 cm³/mol. The number of Topliss-reactive ketones (excluding diaryl/α,β-unsaturated/α-hetero) is 1. The highest BCUT2D eigenvalue weighted by Gasteiger charge is 2.45. The first-order valence-corrected chi connectivity index (χ1v) is 7.23. The third kappa shape index (κ3) is 1.56. The largest absolute Gasteiger partial charge is 0.293 e. The van der Waals surface area contributed by atoms with Crippen molar-refractivity contribution >= 4 is 40.3 Å². The van der Waals surface area contributed by atoms with Gasteiger partial charge in [0, 0.05) is 10.4 Å². The van der Waals surface area contributed by atoms with E-state index in [2.05, 4.69) is 0 Å². The molecule has 1 aliphatic rings. The minimum atomic E-state index is -0.495. The fraction of sp³-hybridized carbons (Fsp3) is 0.214. The maximum Gasteiger partial charge on any atom is 0.176 e. The Morgan fingerprint density at radius 3 is 2.72 bits per heavy atom. The fourth-order valence-corrected chi connectivity index (χ4v) is 3.83. The summed E-state index contributed by atoms with van der Waals surface area (Å²) in [6.45, 7) is 1.98. The zero-order chi connectivity index (χ0) is 12.9. The van der Waals surface area contributed by atoms with Crippen molar-refractivity contribution in [2.45, 2.75) is 18.8 Å². The number of ketones is 1. The molecule has 92 valence electrons. The van der Waals surface area contributed by atoms with Crippen molar-refractivity contribution in [3.63, 3.8) is 0 Å². The van der Waals surface area contributed by atoms with E-state index in [-0.39, 0.29) is 5.78 Å². The summed E-state index contributed by atoms with van der Waals surface area (Å²) in [5.41, 5.74) is 1.09. The molecule has 1 aromatic heterocycles. The van der Waals surface area contributed by atoms with E-state index < -0.39 is 5.41 Å². The van der Waals surface area contributed by atoms with Crippen molar-refractivity contribution in [2.75, 3.05) is 0 Å². The standard InChI is InChI=1S/C14H10Cl2OS/c1-14(10-3-2-6-18-10)7-8-4-5-9(15)12(16)11(8)13(14)17/h2-6H,7H2,1H3. The summed E-state index contributed by atoms with van der Waals surface area (Å²) in [7, 11) is 0. The molecular formula is C14H10Cl2OS. The highest BCUT2D eigenvalue weighted by Crippen LogP contribution is 2.45. The van der Waals surface area contributed by atoms with Crippen LogP contribution in [0.3, 0.4) is 0 Å². The first-order chi connectivity index (χ1) is 8.54. The van der Waals surface area contributed by atoms with E-state index >= 15 is 0 Å². The van der Waals surface area contributed by atoms with E-state index in [9.17, 15) is 4.79 Å². The monoisotopic (exact) mass is 296 g/mol. The molecule has 0 N–H and O–H groups in total. The van der Waals surface area contributed by atoms with Crippen LogP contribution >= 0.6 is 34.5 Å². The van der Waals surface area contributed by atoms with Gasteiger partial charge in [0.1, 0.15) is 0 Å². The number of carbonyl (C=O) groups is 1. The van der Waals surface area contributed by atoms with Crippen LogP contribution in [0, 0.1) is 0 Å². The second-order valence-corrected chi connectivity index (χ2v) is 6.44. The Kier molecular flexibility index (Phi) is 2.77. The zero-order valence-electron chi connectivity index (χ0n) is 9.67. The van der Waals surface area contributed by atoms with Crippen molar-refractivity contribution in [1.29, 1.82) is 0 Å². The van der Waals surface area contributed by atoms with Crippen LogP contribution in [0.1, 0.15) is 27.7 Å². The third-order valence-corrected chi connectivity index (χ3v) is 5.46. The van der Waals surface area contributed by atoms with Crippen LogP contribution in [-0.2, 0) is 11.8 Å². The van der Waals surface area contributed by atoms with E-state index in [0.717, 1.165) is 10.4 Å². The molecule has 0 saturated carbocycles. The third-order valence-electron chi connectivity index (χ3n) is 3.52. The lowest BCUT2D eigenvalue weighted by Gasteiger charge is -2.19. The van der Waals surface area contributed by atoms with Gasteiger partial charge in [-0.3, -0.25) is 4.79 Å². The summed E-state index contributed by atoms with van der Waals surface area (Å²) in [6, 6.07) is 7.64. The Morgan fingerprint density at radius 1 is 1.28 bits per heavy atom. The molecule has 0 fully saturated rings. The van der Waals surface area contributed by atoms with E-state index in [1.54, 1.807) is 17.4 Å². The number of hydrogen-bond donors (Lipinski definition) is 0. The van der Waals surface area contributed by atoms with E-state index in [1.807, 2.05) is 30.5 Å². The van der Waals surface area contributed by atoms with Gasteiger partial charge in [0.05, 0.1) is 15.5 Å². The minimum absolute atomic E-state index is 0.0763. The second kappa shape index (κ2) is 4.09. The van der Waals surface area contributed by atoms with Crippen molar-refractivity contribution in [3.05, 3.63) is 55.7 Å². The van der Waals surface area contributed by atoms with Gasteiger partial charge in [-0.05, 0) is 36.4 Å². The van der Waals surface area contributed by atoms with E-state index in [1.165, 1.54) is 0 Å². The molecule has 0 saturated heterocycles. The summed E-state index contributed by atoms with van der Waals surface area (Å²) >= 11 is 13.8. The molecule has 0 amide bonds. The summed E-state index contributed by atoms with van der Waals surface area (Å²) in [5.74, 6) is 0.0763. The molecule has 3 rings (SSSR count). The second-order valence-electron chi connectivity index (χ2n) is 4.71. The molecule has 1 heterocycles. The van der Waals surface area contributed by atoms with Gasteiger partial charge in [-0.1, -0.05) is 35.3 Å². The number of rotatable bonds is 1. The summed E-state index contributed by atoms with van der Waals surface area (Å²) in [6.07, 6.45) is 0.693. The van der Waals surface area contributed by atoms with Gasteiger partial charge in [0.2, 0.25) is 0 Å². The summed E-state index contributed by atoms with van der Waals surface area (Å²) in [4.78, 5) is 13.7. The normalized spacial score (nSPS) is 22.3. The first kappa shape index (κ1) is 12.2. The molecule has 1 aliphatic carbocycles. The van der Waals surface area contributed by atoms with Gasteiger partial charge in [0.25, 0.3) is 0 Å². The number of fused-ring (bicyclic) bond motifs is 1. The van der Waals surface area contributed by atoms with Gasteiger partial charge in [0.15, 0.2) is 5.78 Å². The first-order valence-electron chi connectivity index (χ1n) is 5.60. The van der Waals surface area contributed by atoms with Gasteiger partial charge in [-0.2, -0.15) is 0 Å². The number of benzene rings is 1. The lowest BCUT2D eigenvalue weighted by Crippen LogP contribution is -2.28. The Morgan fingerprint density at radius 2 is 2.06 bits per heavy atom. The molecule has 18 heavy (non-hydrogen) atoms. The molecule has 0 radical (unpaired) electrons. The van der Waals surface area contributed by atoms with Crippen molar-refractivity contribution in [1.82, 2.24) is 0 Å². The Labute approximate surface area is 119 Å². The molecular weight excluding hydrogens is 287 g/mol. The van der Waals surface area contributed by atoms with Crippen LogP contribution in [0.5, 0.6) is 0 Å². The molecule has 4 heteroatoms. The predicted octanol–water partition coefficient (Wildman–Crippen LogP) is 4.75. The SMILES string of the molecule is CC1(c2cccs2)Cc2ccc(Cl)c(Cl)c2C1=O. The maximum atomic E-state index is 12.7. The average Bonchev–Trinajstić information content (AvgIpc) is 2.94. The van der Waals surface area contributed by atoms with Crippen LogP contribution < -0.4 is 0 Å². The molecule has 2 aromatic rings. The van der Waals surface area contributed by atoms with Crippen LogP contribution in [0.15, 0.2) is 29.6 Å². The number of halogens is 2. The summed E-state index contributed by atoms with van der Waals surface area (Å²) in [5, 5.41) is 2.82. The lowest BCUT2D eigenvalue weighted by molar-refractivity contribution is 0.0918. The van der Waals surface area contributed by atoms with Crippen LogP contribution in [0.25, 0.3) is 0 Å². The van der Waals surface area contributed by atoms with Gasteiger partial charge in [-0.25, -0.2) is 0 Å². The molecule has 0 spiro atoms. The van der Waals surface area contributed by atoms with E-state index in [4.69, 9.17) is 23.2 Å². The van der Waals surface area contributed by atoms with Crippen LogP contribution in [-0.4, -0.2) is 5.78 Å². The quantitative estimate of drug-likeness (QED) is 0.742. The smallest absolute Gasteiger partial charge is 0.176 e. The highest BCUT2D eigenvalue weighted by atomic mass is 35.5. The molecule has 1 atom stereocenters. The number of thiophene rings is 1. The molecule has 1 aromatic carbocycles. The molecule has 1 nitrogen and oxygen atoms in total. The highest BCUT2D eigenvalue weighted by molar-refractivity contribution is 7.10. The Bertz CT molecular complexity index is 633. The zero-order valence-corrected chi connectivity index (χ0v) is 12.0. The topological polar surface area (TPSA) is 17.1 Å². The molecule has 1 unspecified atom stereocenters. The van der Waals surface area contributed by atoms with Crippen LogP contribution in [0.4, 0.5) is 0 Å². The minimum Gasteiger partial charge on any atom is -0.293 e. The van der Waals surface area contributed by atoms with Crippen molar-refractivity contribution < 1.29 is 4.79 Å². The average molecular weight is 297 g/mol. The Balaban J connectivity index is 2.18. The lowest BCUT2D eigenvalue weighted by atomic mass is 9.84. The van der Waals surface area contributed by atoms with Crippen molar-refractivity contribution in [3.8, 4) is 0 Å². The molecule has 0 aliphatic heterocycles. The fourth-order valence-electron chi connectivity index (χ4n) is 2.51. The van der Waals surface area contributed by atoms with Crippen molar-refractivity contribution in [2.24, 2.45) is 0 Å².